The van der Waals surface area contributed by atoms with Gasteiger partial charge in [0.1, 0.15) is 6.04 Å². The highest BCUT2D eigenvalue weighted by Gasteiger charge is 2.18. The molecule has 0 aromatic carbocycles. The third kappa shape index (κ3) is 3.07. The summed E-state index contributed by atoms with van der Waals surface area (Å²) >= 11 is 1.84. The van der Waals surface area contributed by atoms with Crippen molar-refractivity contribution in [2.75, 3.05) is 0 Å². The molecule has 1 aromatic rings. The molecule has 4 heteroatoms. The number of thiophene rings is 1. The van der Waals surface area contributed by atoms with E-state index < -0.39 is 12.0 Å². The summed E-state index contributed by atoms with van der Waals surface area (Å²) in [5.74, 6) is -0.740. The molecule has 0 bridgehead atoms. The predicted molar refractivity (Wildman–Crippen MR) is 69.5 cm³/mol. The van der Waals surface area contributed by atoms with Crippen LogP contribution in [0, 0.1) is 0 Å². The minimum Gasteiger partial charge on any atom is -0.480 e. The number of fused-ring (bicyclic) bond motifs is 1. The van der Waals surface area contributed by atoms with Crippen LogP contribution in [-0.4, -0.2) is 17.1 Å². The third-order valence-corrected chi connectivity index (χ3v) is 4.43. The summed E-state index contributed by atoms with van der Waals surface area (Å²) in [6.07, 6.45) is 5.27. The van der Waals surface area contributed by atoms with E-state index in [1.165, 1.54) is 34.6 Å². The maximum atomic E-state index is 11.0. The molecule has 1 atom stereocenters. The Morgan fingerprint density at radius 1 is 1.59 bits per heavy atom. The minimum atomic E-state index is -0.740. The number of hydrogen-bond donors (Lipinski definition) is 2. The fraction of sp³-hybridized carbons (Fsp3) is 0.615. The zero-order valence-electron chi connectivity index (χ0n) is 10.2. The molecule has 0 spiro atoms. The number of carboxylic acid groups (broad SMARTS) is 1. The van der Waals surface area contributed by atoms with Gasteiger partial charge >= 0.3 is 5.97 Å². The van der Waals surface area contributed by atoms with Crippen LogP contribution >= 0.6 is 11.3 Å². The lowest BCUT2D eigenvalue weighted by molar-refractivity contribution is -0.139. The average molecular weight is 253 g/mol. The van der Waals surface area contributed by atoms with E-state index in [9.17, 15) is 4.79 Å². The first kappa shape index (κ1) is 12.6. The molecule has 3 nitrogen and oxygen atoms in total. The van der Waals surface area contributed by atoms with Crippen LogP contribution in [0.25, 0.3) is 0 Å². The van der Waals surface area contributed by atoms with Crippen molar-refractivity contribution < 1.29 is 9.90 Å². The first-order valence-electron chi connectivity index (χ1n) is 6.27. The lowest BCUT2D eigenvalue weighted by atomic mass is 10.1. The normalized spacial score (nSPS) is 15.8. The van der Waals surface area contributed by atoms with Crippen LogP contribution in [-0.2, 0) is 24.2 Å². The van der Waals surface area contributed by atoms with Crippen molar-refractivity contribution in [3.63, 3.8) is 0 Å². The van der Waals surface area contributed by atoms with E-state index in [1.54, 1.807) is 0 Å². The van der Waals surface area contributed by atoms with Crippen molar-refractivity contribution in [1.29, 1.82) is 0 Å². The van der Waals surface area contributed by atoms with Crippen LogP contribution in [0.3, 0.4) is 0 Å². The fourth-order valence-corrected chi connectivity index (χ4v) is 3.51. The second kappa shape index (κ2) is 5.65. The Morgan fingerprint density at radius 2 is 2.41 bits per heavy atom. The van der Waals surface area contributed by atoms with Crippen molar-refractivity contribution in [2.45, 2.75) is 51.6 Å². The summed E-state index contributed by atoms with van der Waals surface area (Å²) in [7, 11) is 0. The highest BCUT2D eigenvalue weighted by Crippen LogP contribution is 2.30. The molecule has 17 heavy (non-hydrogen) atoms. The summed E-state index contributed by atoms with van der Waals surface area (Å²) in [6, 6.07) is 1.84. The van der Waals surface area contributed by atoms with Crippen molar-refractivity contribution in [2.24, 2.45) is 0 Å². The maximum absolute atomic E-state index is 11.0. The van der Waals surface area contributed by atoms with Gasteiger partial charge < -0.3 is 5.11 Å². The van der Waals surface area contributed by atoms with E-state index in [0.717, 1.165) is 6.42 Å². The van der Waals surface area contributed by atoms with Crippen LogP contribution in [0.1, 0.15) is 41.5 Å². The Balaban J connectivity index is 1.89. The van der Waals surface area contributed by atoms with Gasteiger partial charge in [-0.2, -0.15) is 0 Å². The van der Waals surface area contributed by atoms with Gasteiger partial charge in [-0.25, -0.2) is 0 Å². The predicted octanol–water partition coefficient (Wildman–Crippen LogP) is 2.58. The molecule has 1 unspecified atom stereocenters. The molecule has 0 aliphatic heterocycles. The van der Waals surface area contributed by atoms with E-state index in [4.69, 9.17) is 5.11 Å². The highest BCUT2D eigenvalue weighted by atomic mass is 32.1. The molecule has 2 rings (SSSR count). The first-order valence-corrected chi connectivity index (χ1v) is 7.09. The van der Waals surface area contributed by atoms with Gasteiger partial charge in [-0.1, -0.05) is 13.3 Å². The molecule has 0 saturated carbocycles. The number of rotatable bonds is 6. The monoisotopic (exact) mass is 253 g/mol. The third-order valence-electron chi connectivity index (χ3n) is 3.20. The zero-order chi connectivity index (χ0) is 12.3. The largest absolute Gasteiger partial charge is 0.480 e. The second-order valence-electron chi connectivity index (χ2n) is 4.58. The Labute approximate surface area is 106 Å². The van der Waals surface area contributed by atoms with Crippen LogP contribution in [0.15, 0.2) is 6.07 Å². The van der Waals surface area contributed by atoms with Crippen molar-refractivity contribution >= 4 is 17.3 Å². The second-order valence-corrected chi connectivity index (χ2v) is 5.80. The van der Waals surface area contributed by atoms with E-state index >= 15 is 0 Å². The molecule has 0 saturated heterocycles. The van der Waals surface area contributed by atoms with E-state index in [2.05, 4.69) is 11.4 Å². The fourth-order valence-electron chi connectivity index (χ4n) is 2.30. The number of nitrogens with one attached hydrogen (secondary N) is 1. The summed E-state index contributed by atoms with van der Waals surface area (Å²) < 4.78 is 0. The Bertz CT molecular complexity index is 379. The summed E-state index contributed by atoms with van der Waals surface area (Å²) in [5.41, 5.74) is 1.48. The van der Waals surface area contributed by atoms with E-state index in [1.807, 2.05) is 18.3 Å². The van der Waals surface area contributed by atoms with Gasteiger partial charge in [0.25, 0.3) is 0 Å². The lowest BCUT2D eigenvalue weighted by Gasteiger charge is -2.12. The van der Waals surface area contributed by atoms with Crippen molar-refractivity contribution in [3.8, 4) is 0 Å². The Morgan fingerprint density at radius 3 is 3.06 bits per heavy atom. The first-order chi connectivity index (χ1) is 8.20. The number of aliphatic carboxylic acids is 1. The smallest absolute Gasteiger partial charge is 0.320 e. The van der Waals surface area contributed by atoms with Crippen LogP contribution in [0.2, 0.25) is 0 Å². The number of aryl methyl sites for hydroxylation is 2. The van der Waals surface area contributed by atoms with Crippen molar-refractivity contribution in [3.05, 3.63) is 21.4 Å². The molecule has 1 aliphatic rings. The quantitative estimate of drug-likeness (QED) is 0.819. The highest BCUT2D eigenvalue weighted by molar-refractivity contribution is 7.12. The van der Waals surface area contributed by atoms with Crippen LogP contribution in [0.4, 0.5) is 0 Å². The van der Waals surface area contributed by atoms with Gasteiger partial charge in [-0.3, -0.25) is 10.1 Å². The van der Waals surface area contributed by atoms with Gasteiger partial charge in [-0.15, -0.1) is 11.3 Å². The van der Waals surface area contributed by atoms with Gasteiger partial charge in [0.05, 0.1) is 0 Å². The summed E-state index contributed by atoms with van der Waals surface area (Å²) in [5, 5.41) is 12.2. The molecule has 1 aromatic heterocycles. The molecule has 0 radical (unpaired) electrons. The molecule has 0 fully saturated rings. The van der Waals surface area contributed by atoms with Crippen LogP contribution in [0.5, 0.6) is 0 Å². The number of carboxylic acids is 1. The van der Waals surface area contributed by atoms with E-state index in [0.29, 0.717) is 13.0 Å². The molecule has 2 N–H and O–H groups in total. The molecule has 1 heterocycles. The number of hydrogen-bond acceptors (Lipinski definition) is 3. The van der Waals surface area contributed by atoms with E-state index in [-0.39, 0.29) is 0 Å². The van der Waals surface area contributed by atoms with Crippen molar-refractivity contribution in [1.82, 2.24) is 5.32 Å². The molecule has 0 amide bonds. The van der Waals surface area contributed by atoms with Crippen LogP contribution < -0.4 is 5.32 Å². The van der Waals surface area contributed by atoms with Gasteiger partial charge in [0, 0.05) is 16.3 Å². The van der Waals surface area contributed by atoms with Gasteiger partial charge in [0.15, 0.2) is 0 Å². The lowest BCUT2D eigenvalue weighted by Crippen LogP contribution is -2.35. The average Bonchev–Trinajstić information content (AvgIpc) is 2.83. The number of carbonyl (C=O) groups is 1. The SMILES string of the molecule is CCCC(NCc1cc2c(s1)CCC2)C(=O)O. The Hall–Kier alpha value is -0.870. The molecule has 1 aliphatic carbocycles. The topological polar surface area (TPSA) is 49.3 Å². The molecular weight excluding hydrogens is 234 g/mol. The van der Waals surface area contributed by atoms with Gasteiger partial charge in [0.2, 0.25) is 0 Å². The molecular formula is C13H19NO2S. The summed E-state index contributed by atoms with van der Waals surface area (Å²) in [6.45, 7) is 2.70. The standard InChI is InChI=1S/C13H19NO2S/c1-2-4-11(13(15)16)14-8-10-7-9-5-3-6-12(9)17-10/h7,11,14H,2-6,8H2,1H3,(H,15,16). The Kier molecular flexibility index (Phi) is 4.18. The maximum Gasteiger partial charge on any atom is 0.320 e. The minimum absolute atomic E-state index is 0.406. The molecule has 94 valence electrons. The summed E-state index contributed by atoms with van der Waals surface area (Å²) in [4.78, 5) is 13.8. The zero-order valence-corrected chi connectivity index (χ0v) is 11.0. The van der Waals surface area contributed by atoms with Gasteiger partial charge in [-0.05, 0) is 37.3 Å².